The number of rotatable bonds is 5. The van der Waals surface area contributed by atoms with E-state index in [2.05, 4.69) is 16.5 Å². The first-order valence-corrected chi connectivity index (χ1v) is 8.00. The van der Waals surface area contributed by atoms with Crippen LogP contribution in [0.1, 0.15) is 10.5 Å². The van der Waals surface area contributed by atoms with E-state index in [0.717, 1.165) is 6.20 Å². The number of quaternary nitrogens is 1. The predicted molar refractivity (Wildman–Crippen MR) is 87.3 cm³/mol. The highest BCUT2D eigenvalue weighted by molar-refractivity contribution is 7.13. The van der Waals surface area contributed by atoms with Crippen LogP contribution in [0.4, 0.5) is 9.52 Å². The van der Waals surface area contributed by atoms with E-state index in [0.29, 0.717) is 17.9 Å². The van der Waals surface area contributed by atoms with Crippen molar-refractivity contribution in [1.29, 1.82) is 0 Å². The van der Waals surface area contributed by atoms with E-state index < -0.39 is 22.0 Å². The molecule has 0 saturated carbocycles. The summed E-state index contributed by atoms with van der Waals surface area (Å²) in [4.78, 5) is 21.8. The monoisotopic (exact) mass is 350 g/mol. The number of hydroxylamine groups is 2. The smallest absolute Gasteiger partial charge is 0.361 e. The van der Waals surface area contributed by atoms with Crippen molar-refractivity contribution in [2.45, 2.75) is 6.23 Å². The predicted octanol–water partition coefficient (Wildman–Crippen LogP) is 2.12. The van der Waals surface area contributed by atoms with Gasteiger partial charge in [0.05, 0.1) is 12.7 Å². The molecule has 0 amide bonds. The lowest BCUT2D eigenvalue weighted by Gasteiger charge is -2.38. The molecular weight excluding hydrogens is 335 g/mol. The first-order valence-electron chi connectivity index (χ1n) is 7.19. The van der Waals surface area contributed by atoms with Gasteiger partial charge in [-0.05, 0) is 23.5 Å². The van der Waals surface area contributed by atoms with Gasteiger partial charge in [-0.15, -0.1) is 6.58 Å². The van der Waals surface area contributed by atoms with Crippen molar-refractivity contribution in [3.8, 4) is 0 Å². The van der Waals surface area contributed by atoms with Crippen molar-refractivity contribution in [2.75, 3.05) is 19.8 Å². The van der Waals surface area contributed by atoms with E-state index in [1.165, 1.54) is 12.3 Å². The zero-order valence-corrected chi connectivity index (χ0v) is 13.5. The lowest BCUT2D eigenvalue weighted by Crippen LogP contribution is -2.50. The highest BCUT2D eigenvalue weighted by atomic mass is 32.1. The maximum absolute atomic E-state index is 13.3. The number of hydrogen-bond donors (Lipinski definition) is 0. The van der Waals surface area contributed by atoms with Gasteiger partial charge in [0.25, 0.3) is 11.4 Å². The van der Waals surface area contributed by atoms with Crippen molar-refractivity contribution < 1.29 is 13.9 Å². The van der Waals surface area contributed by atoms with Crippen LogP contribution in [-0.2, 0) is 4.74 Å². The summed E-state index contributed by atoms with van der Waals surface area (Å²) < 4.78 is 17.6. The van der Waals surface area contributed by atoms with E-state index in [9.17, 15) is 14.4 Å². The lowest BCUT2D eigenvalue weighted by molar-refractivity contribution is 0.00503. The Morgan fingerprint density at radius 2 is 2.42 bits per heavy atom. The molecule has 0 bridgehead atoms. The maximum atomic E-state index is 13.3. The third-order valence-corrected chi connectivity index (χ3v) is 4.48. The van der Waals surface area contributed by atoms with Crippen LogP contribution < -0.4 is 4.65 Å². The zero-order valence-electron chi connectivity index (χ0n) is 12.7. The molecule has 2 aromatic rings. The Morgan fingerprint density at radius 1 is 1.58 bits per heavy atom. The Labute approximate surface area is 141 Å². The molecule has 3 heterocycles. The number of carbonyl (C=O) groups excluding carboxylic acids is 1. The molecule has 1 aliphatic rings. The molecule has 126 valence electrons. The topological polar surface area (TPSA) is 78.4 Å². The first kappa shape index (κ1) is 16.7. The summed E-state index contributed by atoms with van der Waals surface area (Å²) in [5.41, 5.74) is 0.108. The van der Waals surface area contributed by atoms with Gasteiger partial charge < -0.3 is 9.94 Å². The standard InChI is InChI=1S/C15H15FN4O3S/c1-2-7-19-9-13(23-14(21)11-5-3-4-6-17-11)20(22,10-19)15-18-8-12(16)24-15/h2-6,8,13H,1,7,9-10H2. The van der Waals surface area contributed by atoms with Gasteiger partial charge in [-0.25, -0.2) is 14.7 Å². The molecule has 0 N–H and O–H groups in total. The van der Waals surface area contributed by atoms with E-state index in [-0.39, 0.29) is 24.0 Å². The number of thiazole rings is 1. The van der Waals surface area contributed by atoms with Crippen molar-refractivity contribution in [1.82, 2.24) is 19.5 Å². The molecule has 9 heteroatoms. The second-order valence-corrected chi connectivity index (χ2v) is 6.24. The molecule has 1 fully saturated rings. The van der Waals surface area contributed by atoms with Gasteiger partial charge in [-0.3, -0.25) is 4.65 Å². The fourth-order valence-corrected chi connectivity index (χ4v) is 3.22. The largest absolute Gasteiger partial charge is 0.622 e. The van der Waals surface area contributed by atoms with E-state index >= 15 is 0 Å². The number of nitrogens with zero attached hydrogens (tertiary/aromatic N) is 4. The fourth-order valence-electron chi connectivity index (χ4n) is 2.51. The highest BCUT2D eigenvalue weighted by Crippen LogP contribution is 2.34. The Hall–Kier alpha value is -2.20. The van der Waals surface area contributed by atoms with Crippen LogP contribution in [0.5, 0.6) is 0 Å². The second kappa shape index (κ2) is 6.73. The third-order valence-electron chi connectivity index (χ3n) is 3.58. The molecular formula is C15H15FN4O3S. The maximum Gasteiger partial charge on any atom is 0.361 e. The van der Waals surface area contributed by atoms with Gasteiger partial charge in [-0.1, -0.05) is 12.1 Å². The molecule has 0 spiro atoms. The van der Waals surface area contributed by atoms with Crippen LogP contribution >= 0.6 is 11.3 Å². The SMILES string of the molecule is C=CCN1CC(OC(=O)c2ccccn2)[N+]([O-])(c2ncc(F)s2)C1. The molecule has 2 aromatic heterocycles. The summed E-state index contributed by atoms with van der Waals surface area (Å²) in [6.45, 7) is 4.30. The minimum atomic E-state index is -1.05. The van der Waals surface area contributed by atoms with E-state index in [4.69, 9.17) is 4.74 Å². The molecule has 3 rings (SSSR count). The highest BCUT2D eigenvalue weighted by Gasteiger charge is 2.46. The molecule has 1 saturated heterocycles. The number of esters is 1. The van der Waals surface area contributed by atoms with Gasteiger partial charge in [0, 0.05) is 12.7 Å². The number of pyridine rings is 1. The van der Waals surface area contributed by atoms with Crippen LogP contribution in [0.25, 0.3) is 0 Å². The normalized spacial score (nSPS) is 24.0. The molecule has 1 aliphatic heterocycles. The minimum Gasteiger partial charge on any atom is -0.622 e. The van der Waals surface area contributed by atoms with Gasteiger partial charge in [0.2, 0.25) is 5.13 Å². The first-order chi connectivity index (χ1) is 11.5. The number of carbonyl (C=O) groups is 1. The molecule has 24 heavy (non-hydrogen) atoms. The van der Waals surface area contributed by atoms with Crippen molar-refractivity contribution >= 4 is 22.4 Å². The number of ether oxygens (including phenoxy) is 1. The molecule has 2 atom stereocenters. The van der Waals surface area contributed by atoms with Crippen LogP contribution in [0.15, 0.2) is 43.2 Å². The number of hydrogen-bond acceptors (Lipinski definition) is 7. The van der Waals surface area contributed by atoms with Gasteiger partial charge >= 0.3 is 5.97 Å². The Morgan fingerprint density at radius 3 is 3.04 bits per heavy atom. The van der Waals surface area contributed by atoms with Crippen LogP contribution in [-0.4, -0.2) is 46.8 Å². The summed E-state index contributed by atoms with van der Waals surface area (Å²) in [5.74, 6) is -0.698. The van der Waals surface area contributed by atoms with Crippen LogP contribution in [0.2, 0.25) is 0 Å². The van der Waals surface area contributed by atoms with Crippen molar-refractivity contribution in [2.24, 2.45) is 0 Å². The third kappa shape index (κ3) is 3.20. The van der Waals surface area contributed by atoms with Gasteiger partial charge in [-0.2, -0.15) is 9.37 Å². The summed E-state index contributed by atoms with van der Waals surface area (Å²) >= 11 is 0.653. The van der Waals surface area contributed by atoms with E-state index in [1.807, 2.05) is 0 Å². The second-order valence-electron chi connectivity index (χ2n) is 5.28. The molecule has 0 aliphatic carbocycles. The molecule has 0 radical (unpaired) electrons. The number of halogens is 1. The molecule has 0 aromatic carbocycles. The summed E-state index contributed by atoms with van der Waals surface area (Å²) in [7, 11) is 0. The average Bonchev–Trinajstić information content (AvgIpc) is 3.14. The van der Waals surface area contributed by atoms with Crippen LogP contribution in [0.3, 0.4) is 0 Å². The van der Waals surface area contributed by atoms with Gasteiger partial charge in [0.15, 0.2) is 0 Å². The molecule has 7 nitrogen and oxygen atoms in total. The summed E-state index contributed by atoms with van der Waals surface area (Å²) in [6, 6.07) is 4.82. The average molecular weight is 350 g/mol. The van der Waals surface area contributed by atoms with Crippen molar-refractivity contribution in [3.63, 3.8) is 0 Å². The van der Waals surface area contributed by atoms with Crippen LogP contribution in [0, 0.1) is 10.3 Å². The zero-order chi connectivity index (χ0) is 17.2. The van der Waals surface area contributed by atoms with Gasteiger partial charge in [0.1, 0.15) is 12.4 Å². The van der Waals surface area contributed by atoms with E-state index in [1.54, 1.807) is 23.1 Å². The van der Waals surface area contributed by atoms with Crippen molar-refractivity contribution in [3.05, 3.63) is 59.3 Å². The molecule has 2 unspecified atom stereocenters. The minimum absolute atomic E-state index is 0.000855. The summed E-state index contributed by atoms with van der Waals surface area (Å²) in [5, 5.41) is 12.7. The lowest BCUT2D eigenvalue weighted by atomic mass is 10.3. The number of aromatic nitrogens is 2. The fraction of sp³-hybridized carbons (Fsp3) is 0.267. The Balaban J connectivity index is 1.85. The summed E-state index contributed by atoms with van der Waals surface area (Å²) in [6.07, 6.45) is 3.05. The quantitative estimate of drug-likeness (QED) is 0.356. The Kier molecular flexibility index (Phi) is 4.67. The Bertz CT molecular complexity index is 741.